The lowest BCUT2D eigenvalue weighted by Crippen LogP contribution is -2.27. The molecule has 1 aliphatic heterocycles. The van der Waals surface area contributed by atoms with Crippen LogP contribution in [-0.4, -0.2) is 19.8 Å². The maximum Gasteiger partial charge on any atom is 0.162 e. The van der Waals surface area contributed by atoms with Gasteiger partial charge in [-0.15, -0.1) is 0 Å². The molecule has 118 valence electrons. The highest BCUT2D eigenvalue weighted by atomic mass is 35.5. The van der Waals surface area contributed by atoms with Crippen LogP contribution in [0.1, 0.15) is 52.1 Å². The Labute approximate surface area is 133 Å². The lowest BCUT2D eigenvalue weighted by molar-refractivity contribution is 0.171. The molecule has 0 aromatic heterocycles. The van der Waals surface area contributed by atoms with Gasteiger partial charge in [0.1, 0.15) is 13.2 Å². The van der Waals surface area contributed by atoms with Crippen molar-refractivity contribution in [1.29, 1.82) is 0 Å². The van der Waals surface area contributed by atoms with Gasteiger partial charge in [-0.2, -0.15) is 0 Å². The third kappa shape index (κ3) is 4.52. The number of fused-ring (bicyclic) bond motifs is 1. The van der Waals surface area contributed by atoms with Crippen LogP contribution in [-0.2, 0) is 0 Å². The maximum atomic E-state index is 6.49. The minimum Gasteiger partial charge on any atom is -0.486 e. The van der Waals surface area contributed by atoms with Crippen LogP contribution in [0.15, 0.2) is 12.1 Å². The summed E-state index contributed by atoms with van der Waals surface area (Å²) < 4.78 is 11.3. The predicted molar refractivity (Wildman–Crippen MR) is 87.5 cm³/mol. The summed E-state index contributed by atoms with van der Waals surface area (Å²) in [6, 6.07) is 4.15. The Hall–Kier alpha value is -0.930. The number of ether oxygens (including phenoxy) is 2. The van der Waals surface area contributed by atoms with Gasteiger partial charge in [0.25, 0.3) is 0 Å². The van der Waals surface area contributed by atoms with Crippen LogP contribution in [0.2, 0.25) is 5.02 Å². The fourth-order valence-electron chi connectivity index (χ4n) is 2.57. The third-order valence-corrected chi connectivity index (χ3v) is 3.82. The van der Waals surface area contributed by atoms with Gasteiger partial charge in [0, 0.05) is 17.1 Å². The van der Waals surface area contributed by atoms with Gasteiger partial charge in [-0.25, -0.2) is 0 Å². The summed E-state index contributed by atoms with van der Waals surface area (Å²) in [5.74, 6) is 1.55. The highest BCUT2D eigenvalue weighted by Gasteiger charge is 2.24. The number of benzene rings is 1. The summed E-state index contributed by atoms with van der Waals surface area (Å²) in [6.45, 7) is 11.1. The predicted octanol–water partition coefficient (Wildman–Crippen LogP) is 4.59. The van der Waals surface area contributed by atoms with E-state index in [-0.39, 0.29) is 11.5 Å². The largest absolute Gasteiger partial charge is 0.486 e. The normalized spacial score (nSPS) is 15.9. The van der Waals surface area contributed by atoms with Crippen molar-refractivity contribution in [2.24, 2.45) is 5.41 Å². The lowest BCUT2D eigenvalue weighted by atomic mass is 9.85. The number of hydrogen-bond acceptors (Lipinski definition) is 3. The summed E-state index contributed by atoms with van der Waals surface area (Å²) in [7, 11) is 0. The molecule has 3 nitrogen and oxygen atoms in total. The molecule has 1 N–H and O–H groups in total. The maximum absolute atomic E-state index is 6.49. The van der Waals surface area contributed by atoms with Gasteiger partial charge in [-0.05, 0) is 36.4 Å². The van der Waals surface area contributed by atoms with Crippen LogP contribution in [0.3, 0.4) is 0 Å². The van der Waals surface area contributed by atoms with Crippen LogP contribution in [0, 0.1) is 5.41 Å². The van der Waals surface area contributed by atoms with Crippen LogP contribution in [0.25, 0.3) is 0 Å². The topological polar surface area (TPSA) is 30.5 Å². The standard InChI is InChI=1S/C17H26ClNO2/c1-5-6-19-14(11-17(2,3)4)12-9-15-16(10-13(12)18)21-8-7-20-15/h9-10,14,19H,5-8,11H2,1-4H3. The van der Waals surface area contributed by atoms with E-state index in [1.54, 1.807) is 0 Å². The van der Waals surface area contributed by atoms with Crippen LogP contribution in [0.5, 0.6) is 11.5 Å². The van der Waals surface area contributed by atoms with E-state index in [0.29, 0.717) is 13.2 Å². The second-order valence-corrected chi connectivity index (χ2v) is 7.20. The summed E-state index contributed by atoms with van der Waals surface area (Å²) in [5, 5.41) is 4.36. The van der Waals surface area contributed by atoms with E-state index in [0.717, 1.165) is 41.5 Å². The molecule has 1 aliphatic rings. The molecular weight excluding hydrogens is 286 g/mol. The lowest BCUT2D eigenvalue weighted by Gasteiger charge is -2.29. The van der Waals surface area contributed by atoms with E-state index in [9.17, 15) is 0 Å². The van der Waals surface area contributed by atoms with E-state index in [1.807, 2.05) is 12.1 Å². The molecule has 1 heterocycles. The average Bonchev–Trinajstić information content (AvgIpc) is 2.41. The van der Waals surface area contributed by atoms with Crippen molar-refractivity contribution in [1.82, 2.24) is 5.32 Å². The Morgan fingerprint density at radius 3 is 2.38 bits per heavy atom. The Bertz CT molecular complexity index is 482. The Balaban J connectivity index is 2.29. The monoisotopic (exact) mass is 311 g/mol. The molecule has 0 amide bonds. The zero-order valence-corrected chi connectivity index (χ0v) is 14.2. The number of hydrogen-bond donors (Lipinski definition) is 1. The Morgan fingerprint density at radius 2 is 1.81 bits per heavy atom. The van der Waals surface area contributed by atoms with Crippen LogP contribution >= 0.6 is 11.6 Å². The second kappa shape index (κ2) is 6.89. The van der Waals surface area contributed by atoms with Gasteiger partial charge in [-0.1, -0.05) is 39.3 Å². The molecule has 1 aromatic rings. The molecule has 2 rings (SSSR count). The summed E-state index contributed by atoms with van der Waals surface area (Å²) in [4.78, 5) is 0. The second-order valence-electron chi connectivity index (χ2n) is 6.79. The highest BCUT2D eigenvalue weighted by Crippen LogP contribution is 2.40. The van der Waals surface area contributed by atoms with E-state index in [2.05, 4.69) is 33.0 Å². The summed E-state index contributed by atoms with van der Waals surface area (Å²) in [6.07, 6.45) is 2.12. The first-order valence-corrected chi connectivity index (χ1v) is 8.11. The molecule has 1 unspecified atom stereocenters. The summed E-state index contributed by atoms with van der Waals surface area (Å²) >= 11 is 6.49. The summed E-state index contributed by atoms with van der Waals surface area (Å²) in [5.41, 5.74) is 1.33. The van der Waals surface area contributed by atoms with Gasteiger partial charge in [-0.3, -0.25) is 0 Å². The fraction of sp³-hybridized carbons (Fsp3) is 0.647. The van der Waals surface area contributed by atoms with Gasteiger partial charge in [0.05, 0.1) is 0 Å². The van der Waals surface area contributed by atoms with Crippen molar-refractivity contribution < 1.29 is 9.47 Å². The van der Waals surface area contributed by atoms with Crippen LogP contribution in [0.4, 0.5) is 0 Å². The Morgan fingerprint density at radius 1 is 1.19 bits per heavy atom. The molecule has 1 atom stereocenters. The molecule has 0 bridgehead atoms. The number of halogens is 1. The van der Waals surface area contributed by atoms with Gasteiger partial charge in [0.2, 0.25) is 0 Å². The zero-order valence-electron chi connectivity index (χ0n) is 13.5. The molecule has 0 spiro atoms. The molecule has 1 aromatic carbocycles. The molecule has 21 heavy (non-hydrogen) atoms. The molecule has 0 aliphatic carbocycles. The SMILES string of the molecule is CCCNC(CC(C)(C)C)c1cc2c(cc1Cl)OCCO2. The fourth-order valence-corrected chi connectivity index (χ4v) is 2.86. The first-order chi connectivity index (χ1) is 9.90. The van der Waals surface area contributed by atoms with E-state index < -0.39 is 0 Å². The molecule has 0 saturated heterocycles. The van der Waals surface area contributed by atoms with E-state index in [4.69, 9.17) is 21.1 Å². The molecule has 0 saturated carbocycles. The minimum absolute atomic E-state index is 0.224. The van der Waals surface area contributed by atoms with Gasteiger partial charge < -0.3 is 14.8 Å². The first-order valence-electron chi connectivity index (χ1n) is 7.73. The van der Waals surface area contributed by atoms with Gasteiger partial charge in [0.15, 0.2) is 11.5 Å². The molecular formula is C17H26ClNO2. The zero-order chi connectivity index (χ0) is 15.5. The van der Waals surface area contributed by atoms with Crippen molar-refractivity contribution in [3.8, 4) is 11.5 Å². The van der Waals surface area contributed by atoms with Crippen molar-refractivity contribution in [3.63, 3.8) is 0 Å². The van der Waals surface area contributed by atoms with Crippen molar-refractivity contribution in [2.75, 3.05) is 19.8 Å². The first kappa shape index (κ1) is 16.4. The van der Waals surface area contributed by atoms with Crippen molar-refractivity contribution in [3.05, 3.63) is 22.7 Å². The van der Waals surface area contributed by atoms with Gasteiger partial charge >= 0.3 is 0 Å². The quantitative estimate of drug-likeness (QED) is 0.863. The smallest absolute Gasteiger partial charge is 0.162 e. The van der Waals surface area contributed by atoms with Crippen LogP contribution < -0.4 is 14.8 Å². The third-order valence-electron chi connectivity index (χ3n) is 3.49. The van der Waals surface area contributed by atoms with E-state index in [1.165, 1.54) is 0 Å². The Kier molecular flexibility index (Phi) is 5.39. The molecule has 0 radical (unpaired) electrons. The number of nitrogens with one attached hydrogen (secondary N) is 1. The molecule has 0 fully saturated rings. The van der Waals surface area contributed by atoms with Crippen molar-refractivity contribution in [2.45, 2.75) is 46.6 Å². The average molecular weight is 312 g/mol. The van der Waals surface area contributed by atoms with E-state index >= 15 is 0 Å². The minimum atomic E-state index is 0.224. The van der Waals surface area contributed by atoms with Crippen molar-refractivity contribution >= 4 is 11.6 Å². The molecule has 4 heteroatoms. The number of rotatable bonds is 5. The highest BCUT2D eigenvalue weighted by molar-refractivity contribution is 6.31.